The molecule has 0 saturated carbocycles. The molecule has 88 valence electrons. The Morgan fingerprint density at radius 1 is 1.56 bits per heavy atom. The van der Waals surface area contributed by atoms with Gasteiger partial charge in [-0.1, -0.05) is 6.08 Å². The molecule has 2 atom stereocenters. The molecule has 0 bridgehead atoms. The first kappa shape index (κ1) is 12.4. The molecule has 0 aromatic heterocycles. The molecular formula is C10H12O6. The summed E-state index contributed by atoms with van der Waals surface area (Å²) in [5.41, 5.74) is -2.19. The lowest BCUT2D eigenvalue weighted by Gasteiger charge is -2.12. The van der Waals surface area contributed by atoms with E-state index in [2.05, 4.69) is 11.3 Å². The number of hydrogen-bond donors (Lipinski definition) is 2. The normalized spacial score (nSPS) is 28.9. The van der Waals surface area contributed by atoms with Gasteiger partial charge in [-0.15, -0.1) is 6.58 Å². The lowest BCUT2D eigenvalue weighted by Crippen LogP contribution is -2.42. The van der Waals surface area contributed by atoms with E-state index in [-0.39, 0.29) is 19.3 Å². The van der Waals surface area contributed by atoms with Crippen LogP contribution < -0.4 is 0 Å². The number of ketones is 1. The van der Waals surface area contributed by atoms with Crippen LogP contribution >= 0.6 is 0 Å². The van der Waals surface area contributed by atoms with E-state index in [1.54, 1.807) is 0 Å². The van der Waals surface area contributed by atoms with Gasteiger partial charge in [0.25, 0.3) is 0 Å². The molecule has 6 nitrogen and oxygen atoms in total. The van der Waals surface area contributed by atoms with Crippen LogP contribution in [0.25, 0.3) is 0 Å². The third kappa shape index (κ3) is 2.11. The predicted octanol–water partition coefficient (Wildman–Crippen LogP) is -0.347. The Morgan fingerprint density at radius 3 is 2.69 bits per heavy atom. The maximum atomic E-state index is 11.6. The van der Waals surface area contributed by atoms with Crippen LogP contribution in [0.3, 0.4) is 0 Å². The van der Waals surface area contributed by atoms with E-state index in [9.17, 15) is 19.5 Å². The van der Waals surface area contributed by atoms with Crippen molar-refractivity contribution in [3.8, 4) is 0 Å². The van der Waals surface area contributed by atoms with Crippen molar-refractivity contribution in [3.63, 3.8) is 0 Å². The summed E-state index contributed by atoms with van der Waals surface area (Å²) in [4.78, 5) is 33.2. The lowest BCUT2D eigenvalue weighted by atomic mass is 9.92. The molecule has 1 aliphatic heterocycles. The number of ether oxygens (including phenoxy) is 1. The monoisotopic (exact) mass is 228 g/mol. The van der Waals surface area contributed by atoms with E-state index in [1.807, 2.05) is 0 Å². The van der Waals surface area contributed by atoms with Crippen LogP contribution in [0.2, 0.25) is 0 Å². The van der Waals surface area contributed by atoms with Gasteiger partial charge < -0.3 is 14.9 Å². The summed E-state index contributed by atoms with van der Waals surface area (Å²) in [6.07, 6.45) is -0.589. The molecule has 2 unspecified atom stereocenters. The van der Waals surface area contributed by atoms with Gasteiger partial charge in [-0.05, 0) is 0 Å². The maximum absolute atomic E-state index is 11.6. The van der Waals surface area contributed by atoms with Gasteiger partial charge in [-0.25, -0.2) is 4.79 Å². The van der Waals surface area contributed by atoms with Gasteiger partial charge in [-0.3, -0.25) is 9.59 Å². The van der Waals surface area contributed by atoms with Crippen molar-refractivity contribution < 1.29 is 29.3 Å². The molecule has 1 heterocycles. The molecule has 1 rings (SSSR count). The van der Waals surface area contributed by atoms with Crippen molar-refractivity contribution in [3.05, 3.63) is 12.7 Å². The molecule has 1 aliphatic rings. The molecule has 6 heteroatoms. The Hall–Kier alpha value is -1.69. The van der Waals surface area contributed by atoms with Gasteiger partial charge in [0.2, 0.25) is 11.4 Å². The molecule has 0 spiro atoms. The highest BCUT2D eigenvalue weighted by Gasteiger charge is 2.55. The summed E-state index contributed by atoms with van der Waals surface area (Å²) in [6, 6.07) is 0. The number of esters is 1. The maximum Gasteiger partial charge on any atom is 0.347 e. The molecule has 0 aliphatic carbocycles. The summed E-state index contributed by atoms with van der Waals surface area (Å²) in [5, 5.41) is 18.2. The zero-order chi connectivity index (χ0) is 12.3. The average Bonchev–Trinajstić information content (AvgIpc) is 2.41. The van der Waals surface area contributed by atoms with E-state index >= 15 is 0 Å². The molecule has 2 N–H and O–H groups in total. The summed E-state index contributed by atoms with van der Waals surface area (Å²) in [5.74, 6) is -2.92. The van der Waals surface area contributed by atoms with Gasteiger partial charge in [0, 0.05) is 19.3 Å². The smallest absolute Gasteiger partial charge is 0.347 e. The Morgan fingerprint density at radius 2 is 2.19 bits per heavy atom. The Labute approximate surface area is 91.5 Å². The van der Waals surface area contributed by atoms with Gasteiger partial charge in [-0.2, -0.15) is 0 Å². The van der Waals surface area contributed by atoms with Crippen LogP contribution in [-0.4, -0.2) is 39.6 Å². The van der Waals surface area contributed by atoms with E-state index < -0.39 is 29.4 Å². The highest BCUT2D eigenvalue weighted by molar-refractivity contribution is 6.13. The molecule has 0 radical (unpaired) electrons. The first-order valence-corrected chi connectivity index (χ1v) is 4.72. The molecular weight excluding hydrogens is 216 g/mol. The second-order valence-corrected chi connectivity index (χ2v) is 3.54. The van der Waals surface area contributed by atoms with E-state index in [0.29, 0.717) is 0 Å². The molecule has 16 heavy (non-hydrogen) atoms. The fraction of sp³-hybridized carbons (Fsp3) is 0.500. The molecule has 1 saturated heterocycles. The second-order valence-electron chi connectivity index (χ2n) is 3.54. The average molecular weight is 228 g/mol. The SMILES string of the molecule is C=CCC1(O)C(=O)OC(CCC(=O)O)C1=O. The first-order valence-electron chi connectivity index (χ1n) is 4.72. The van der Waals surface area contributed by atoms with Gasteiger partial charge >= 0.3 is 11.9 Å². The molecule has 0 amide bonds. The number of carbonyl (C=O) groups excluding carboxylic acids is 2. The van der Waals surface area contributed by atoms with Crippen LogP contribution in [0.4, 0.5) is 0 Å². The van der Waals surface area contributed by atoms with Crippen LogP contribution in [0.15, 0.2) is 12.7 Å². The number of Topliss-reactive ketones (excluding diaryl/α,β-unsaturated/α-hetero) is 1. The number of aliphatic carboxylic acids is 1. The standard InChI is InChI=1S/C10H12O6/c1-2-5-10(15)8(13)6(16-9(10)14)3-4-7(11)12/h2,6,15H,1,3-5H2,(H,11,12). The fourth-order valence-electron chi connectivity index (χ4n) is 1.48. The van der Waals surface area contributed by atoms with Gasteiger partial charge in [0.15, 0.2) is 6.10 Å². The zero-order valence-electron chi connectivity index (χ0n) is 8.51. The quantitative estimate of drug-likeness (QED) is 0.379. The number of carboxylic acid groups (broad SMARTS) is 1. The third-order valence-corrected chi connectivity index (χ3v) is 2.35. The van der Waals surface area contributed by atoms with Crippen molar-refractivity contribution in [1.29, 1.82) is 0 Å². The number of aliphatic hydroxyl groups is 1. The highest BCUT2D eigenvalue weighted by atomic mass is 16.6. The Balaban J connectivity index is 2.74. The summed E-state index contributed by atoms with van der Waals surface area (Å²) < 4.78 is 4.64. The predicted molar refractivity (Wildman–Crippen MR) is 51.5 cm³/mol. The molecule has 0 aromatic rings. The lowest BCUT2D eigenvalue weighted by molar-refractivity contribution is -0.156. The van der Waals surface area contributed by atoms with Crippen LogP contribution in [0.5, 0.6) is 0 Å². The number of hydrogen-bond acceptors (Lipinski definition) is 5. The minimum atomic E-state index is -2.19. The minimum absolute atomic E-state index is 0.126. The Bertz CT molecular complexity index is 347. The van der Waals surface area contributed by atoms with Crippen LogP contribution in [0.1, 0.15) is 19.3 Å². The number of rotatable bonds is 5. The van der Waals surface area contributed by atoms with E-state index in [4.69, 9.17) is 5.11 Å². The van der Waals surface area contributed by atoms with Gasteiger partial charge in [0.1, 0.15) is 0 Å². The van der Waals surface area contributed by atoms with Gasteiger partial charge in [0.05, 0.1) is 0 Å². The van der Waals surface area contributed by atoms with Crippen molar-refractivity contribution >= 4 is 17.7 Å². The van der Waals surface area contributed by atoms with Crippen molar-refractivity contribution in [2.24, 2.45) is 0 Å². The minimum Gasteiger partial charge on any atom is -0.481 e. The fourth-order valence-corrected chi connectivity index (χ4v) is 1.48. The molecule has 0 aromatic carbocycles. The summed E-state index contributed by atoms with van der Waals surface area (Å²) in [7, 11) is 0. The van der Waals surface area contributed by atoms with Crippen molar-refractivity contribution in [2.45, 2.75) is 31.0 Å². The van der Waals surface area contributed by atoms with E-state index in [1.165, 1.54) is 6.08 Å². The molecule has 1 fully saturated rings. The van der Waals surface area contributed by atoms with E-state index in [0.717, 1.165) is 0 Å². The zero-order valence-corrected chi connectivity index (χ0v) is 8.51. The summed E-state index contributed by atoms with van der Waals surface area (Å²) in [6.45, 7) is 3.32. The first-order chi connectivity index (χ1) is 7.41. The van der Waals surface area contributed by atoms with Crippen molar-refractivity contribution in [2.75, 3.05) is 0 Å². The number of cyclic esters (lactones) is 1. The van der Waals surface area contributed by atoms with Crippen LogP contribution in [-0.2, 0) is 19.1 Å². The number of carbonyl (C=O) groups is 3. The van der Waals surface area contributed by atoms with Crippen molar-refractivity contribution in [1.82, 2.24) is 0 Å². The number of carboxylic acids is 1. The third-order valence-electron chi connectivity index (χ3n) is 2.35. The van der Waals surface area contributed by atoms with Crippen LogP contribution in [0, 0.1) is 0 Å². The highest BCUT2D eigenvalue weighted by Crippen LogP contribution is 2.27. The largest absolute Gasteiger partial charge is 0.481 e. The second kappa shape index (κ2) is 4.44. The topological polar surface area (TPSA) is 101 Å². The Kier molecular flexibility index (Phi) is 3.44. The summed E-state index contributed by atoms with van der Waals surface area (Å²) >= 11 is 0.